The summed E-state index contributed by atoms with van der Waals surface area (Å²) >= 11 is 0. The Morgan fingerprint density at radius 3 is 2.52 bits per heavy atom. The highest BCUT2D eigenvalue weighted by Crippen LogP contribution is 2.19. The van der Waals surface area contributed by atoms with E-state index in [9.17, 15) is 4.79 Å². The van der Waals surface area contributed by atoms with Crippen LogP contribution in [0.25, 0.3) is 0 Å². The average Bonchev–Trinajstić information content (AvgIpc) is 2.49. The van der Waals surface area contributed by atoms with Crippen LogP contribution in [0.5, 0.6) is 0 Å². The summed E-state index contributed by atoms with van der Waals surface area (Å²) in [5, 5.41) is 0. The zero-order valence-corrected chi connectivity index (χ0v) is 13.3. The van der Waals surface area contributed by atoms with Gasteiger partial charge in [-0.2, -0.15) is 0 Å². The molecule has 116 valence electrons. The number of carbonyl (C=O) groups is 1. The number of hydrogen-bond acceptors (Lipinski definition) is 4. The number of benzene rings is 1. The Labute approximate surface area is 127 Å². The number of piperidine rings is 1. The molecule has 4 heteroatoms. The van der Waals surface area contributed by atoms with Crippen molar-refractivity contribution in [1.29, 1.82) is 0 Å². The summed E-state index contributed by atoms with van der Waals surface area (Å²) in [6.07, 6.45) is 2.78. The van der Waals surface area contributed by atoms with Crippen molar-refractivity contribution >= 4 is 5.97 Å². The minimum absolute atomic E-state index is 0.176. The summed E-state index contributed by atoms with van der Waals surface area (Å²) < 4.78 is 4.78. The molecule has 0 N–H and O–H groups in total. The maximum Gasteiger partial charge on any atom is 0.309 e. The molecule has 0 aromatic heterocycles. The van der Waals surface area contributed by atoms with Gasteiger partial charge in [0.15, 0.2) is 0 Å². The van der Waals surface area contributed by atoms with Crippen molar-refractivity contribution in [3.63, 3.8) is 0 Å². The lowest BCUT2D eigenvalue weighted by Gasteiger charge is -2.35. The molecule has 1 aliphatic rings. The maximum absolute atomic E-state index is 11.5. The maximum atomic E-state index is 11.5. The lowest BCUT2D eigenvalue weighted by atomic mass is 10.0. The van der Waals surface area contributed by atoms with Gasteiger partial charge in [-0.15, -0.1) is 0 Å². The predicted octanol–water partition coefficient (Wildman–Crippen LogP) is 1.93. The van der Waals surface area contributed by atoms with Crippen LogP contribution in [-0.4, -0.2) is 56.1 Å². The summed E-state index contributed by atoms with van der Waals surface area (Å²) in [6.45, 7) is 3.22. The smallest absolute Gasteiger partial charge is 0.309 e. The van der Waals surface area contributed by atoms with Crippen LogP contribution in [0.2, 0.25) is 0 Å². The minimum Gasteiger partial charge on any atom is -0.469 e. The summed E-state index contributed by atoms with van der Waals surface area (Å²) in [7, 11) is 5.81. The monoisotopic (exact) mass is 290 g/mol. The van der Waals surface area contributed by atoms with Gasteiger partial charge in [-0.05, 0) is 51.2 Å². The quantitative estimate of drug-likeness (QED) is 0.776. The van der Waals surface area contributed by atoms with E-state index in [1.54, 1.807) is 0 Å². The summed E-state index contributed by atoms with van der Waals surface area (Å²) in [6, 6.07) is 8.79. The first-order chi connectivity index (χ1) is 10.1. The molecule has 1 saturated heterocycles. The van der Waals surface area contributed by atoms with Crippen molar-refractivity contribution in [3.05, 3.63) is 35.4 Å². The Hall–Kier alpha value is -1.39. The second kappa shape index (κ2) is 7.57. The standard InChI is InChI=1S/C17H26N2O2/c1-18-10-8-16(9-11-18)19(2)13-15-7-5-4-6-14(15)12-17(20)21-3/h4-7,16H,8-13H2,1-3H3. The number of hydrogen-bond donors (Lipinski definition) is 0. The summed E-state index contributed by atoms with van der Waals surface area (Å²) in [5.74, 6) is -0.176. The number of nitrogens with zero attached hydrogens (tertiary/aromatic N) is 2. The molecule has 21 heavy (non-hydrogen) atoms. The normalized spacial score (nSPS) is 17.1. The third-order valence-electron chi connectivity index (χ3n) is 4.41. The van der Waals surface area contributed by atoms with E-state index in [1.165, 1.54) is 38.6 Å². The molecule has 0 radical (unpaired) electrons. The SMILES string of the molecule is COC(=O)Cc1ccccc1CN(C)C1CCN(C)CC1. The largest absolute Gasteiger partial charge is 0.469 e. The van der Waals surface area contributed by atoms with Gasteiger partial charge in [-0.3, -0.25) is 9.69 Å². The van der Waals surface area contributed by atoms with Gasteiger partial charge in [-0.1, -0.05) is 24.3 Å². The first kappa shape index (κ1) is 16.0. The fourth-order valence-corrected chi connectivity index (χ4v) is 2.95. The predicted molar refractivity (Wildman–Crippen MR) is 84.1 cm³/mol. The van der Waals surface area contributed by atoms with Crippen molar-refractivity contribution in [2.75, 3.05) is 34.3 Å². The van der Waals surface area contributed by atoms with Gasteiger partial charge in [0, 0.05) is 12.6 Å². The zero-order valence-electron chi connectivity index (χ0n) is 13.3. The molecule has 1 fully saturated rings. The van der Waals surface area contributed by atoms with E-state index in [0.717, 1.165) is 12.1 Å². The molecular weight excluding hydrogens is 264 g/mol. The van der Waals surface area contributed by atoms with Gasteiger partial charge >= 0.3 is 5.97 Å². The van der Waals surface area contributed by atoms with Gasteiger partial charge in [0.1, 0.15) is 0 Å². The second-order valence-electron chi connectivity index (χ2n) is 5.97. The van der Waals surface area contributed by atoms with Crippen LogP contribution in [0.4, 0.5) is 0 Å². The first-order valence-corrected chi connectivity index (χ1v) is 7.62. The van der Waals surface area contributed by atoms with Gasteiger partial charge in [0.2, 0.25) is 0 Å². The van der Waals surface area contributed by atoms with E-state index in [1.807, 2.05) is 18.2 Å². The fourth-order valence-electron chi connectivity index (χ4n) is 2.95. The molecule has 0 aliphatic carbocycles. The van der Waals surface area contributed by atoms with Gasteiger partial charge in [0.05, 0.1) is 13.5 Å². The number of likely N-dealkylation sites (tertiary alicyclic amines) is 1. The van der Waals surface area contributed by atoms with Crippen molar-refractivity contribution in [3.8, 4) is 0 Å². The third kappa shape index (κ3) is 4.55. The van der Waals surface area contributed by atoms with Crippen molar-refractivity contribution in [2.45, 2.75) is 31.8 Å². The van der Waals surface area contributed by atoms with Crippen LogP contribution < -0.4 is 0 Å². The number of rotatable bonds is 5. The third-order valence-corrected chi connectivity index (χ3v) is 4.41. The topological polar surface area (TPSA) is 32.8 Å². The van der Waals surface area contributed by atoms with E-state index in [2.05, 4.69) is 30.0 Å². The van der Waals surface area contributed by atoms with E-state index < -0.39 is 0 Å². The van der Waals surface area contributed by atoms with Gasteiger partial charge in [0.25, 0.3) is 0 Å². The number of carbonyl (C=O) groups excluding carboxylic acids is 1. The van der Waals surface area contributed by atoms with Crippen LogP contribution in [0.15, 0.2) is 24.3 Å². The molecule has 0 atom stereocenters. The van der Waals surface area contributed by atoms with Crippen LogP contribution in [0.1, 0.15) is 24.0 Å². The molecule has 4 nitrogen and oxygen atoms in total. The average molecular weight is 290 g/mol. The summed E-state index contributed by atoms with van der Waals surface area (Å²) in [5.41, 5.74) is 2.30. The van der Waals surface area contributed by atoms with Gasteiger partial charge < -0.3 is 9.64 Å². The number of methoxy groups -OCH3 is 1. The minimum atomic E-state index is -0.176. The fraction of sp³-hybridized carbons (Fsp3) is 0.588. The van der Waals surface area contributed by atoms with Gasteiger partial charge in [-0.25, -0.2) is 0 Å². The van der Waals surface area contributed by atoms with Crippen molar-refractivity contribution in [2.24, 2.45) is 0 Å². The van der Waals surface area contributed by atoms with E-state index in [-0.39, 0.29) is 5.97 Å². The molecule has 0 saturated carbocycles. The lowest BCUT2D eigenvalue weighted by molar-refractivity contribution is -0.139. The van der Waals surface area contributed by atoms with Crippen LogP contribution in [-0.2, 0) is 22.5 Å². The zero-order chi connectivity index (χ0) is 15.2. The van der Waals surface area contributed by atoms with Crippen LogP contribution in [0, 0.1) is 0 Å². The number of esters is 1. The van der Waals surface area contributed by atoms with E-state index in [0.29, 0.717) is 12.5 Å². The Morgan fingerprint density at radius 1 is 1.29 bits per heavy atom. The second-order valence-corrected chi connectivity index (χ2v) is 5.97. The molecule has 1 aromatic rings. The Balaban J connectivity index is 2.00. The molecule has 0 spiro atoms. The molecule has 1 aromatic carbocycles. The Bertz CT molecular complexity index is 468. The van der Waals surface area contributed by atoms with E-state index >= 15 is 0 Å². The molecular formula is C17H26N2O2. The Morgan fingerprint density at radius 2 is 1.90 bits per heavy atom. The highest BCUT2D eigenvalue weighted by molar-refractivity contribution is 5.72. The molecule has 0 amide bonds. The molecule has 1 heterocycles. The highest BCUT2D eigenvalue weighted by Gasteiger charge is 2.21. The first-order valence-electron chi connectivity index (χ1n) is 7.62. The lowest BCUT2D eigenvalue weighted by Crippen LogP contribution is -2.41. The van der Waals surface area contributed by atoms with Crippen LogP contribution >= 0.6 is 0 Å². The van der Waals surface area contributed by atoms with Crippen LogP contribution in [0.3, 0.4) is 0 Å². The van der Waals surface area contributed by atoms with Crippen molar-refractivity contribution in [1.82, 2.24) is 9.80 Å². The van der Waals surface area contributed by atoms with Crippen molar-refractivity contribution < 1.29 is 9.53 Å². The number of ether oxygens (including phenoxy) is 1. The molecule has 0 bridgehead atoms. The highest BCUT2D eigenvalue weighted by atomic mass is 16.5. The van der Waals surface area contributed by atoms with E-state index in [4.69, 9.17) is 4.74 Å². The molecule has 1 aliphatic heterocycles. The molecule has 0 unspecified atom stereocenters. The molecule has 2 rings (SSSR count). The Kier molecular flexibility index (Phi) is 5.76. The summed E-state index contributed by atoms with van der Waals surface area (Å²) in [4.78, 5) is 16.3.